The minimum absolute atomic E-state index is 0.492. The third-order valence-electron chi connectivity index (χ3n) is 1.81. The lowest BCUT2D eigenvalue weighted by Gasteiger charge is -1.93. The van der Waals surface area contributed by atoms with Crippen LogP contribution in [0, 0.1) is 0 Å². The van der Waals surface area contributed by atoms with Crippen LogP contribution in [0.1, 0.15) is 13.8 Å². The molecule has 0 aromatic heterocycles. The summed E-state index contributed by atoms with van der Waals surface area (Å²) in [5.74, 6) is 0.938. The second-order valence-electron chi connectivity index (χ2n) is 2.86. The number of hydrogen-bond acceptors (Lipinski definition) is 1. The normalized spacial score (nSPS) is 24.9. The molecular formula is C8H14NO+. The van der Waals surface area contributed by atoms with Gasteiger partial charge in [0.2, 0.25) is 0 Å². The molecular weight excluding hydrogens is 126 g/mol. The van der Waals surface area contributed by atoms with E-state index >= 15 is 0 Å². The Hall–Kier alpha value is -0.790. The summed E-state index contributed by atoms with van der Waals surface area (Å²) in [4.78, 5) is 0. The zero-order valence-electron chi connectivity index (χ0n) is 6.85. The summed E-state index contributed by atoms with van der Waals surface area (Å²) in [6.45, 7) is 8.71. The maximum Gasteiger partial charge on any atom is 0.365 e. The van der Waals surface area contributed by atoms with Crippen molar-refractivity contribution in [2.24, 2.45) is 0 Å². The number of rotatable bonds is 1. The van der Waals surface area contributed by atoms with E-state index in [0.29, 0.717) is 6.04 Å². The summed E-state index contributed by atoms with van der Waals surface area (Å²) >= 11 is 0. The standard InChI is InChI=1S/C8H14NO/c1-6(2)8-9(4)7(3)5-10-8/h7H,1,5H2,2-4H3/q+1. The highest BCUT2D eigenvalue weighted by Crippen LogP contribution is 2.06. The summed E-state index contributed by atoms with van der Waals surface area (Å²) in [6, 6.07) is 0.492. The van der Waals surface area contributed by atoms with E-state index in [1.807, 2.05) is 14.0 Å². The fourth-order valence-corrected chi connectivity index (χ4v) is 1.04. The van der Waals surface area contributed by atoms with Crippen LogP contribution in [0.2, 0.25) is 0 Å². The molecule has 1 rings (SSSR count). The van der Waals surface area contributed by atoms with E-state index < -0.39 is 0 Å². The first kappa shape index (κ1) is 7.32. The lowest BCUT2D eigenvalue weighted by molar-refractivity contribution is -0.522. The molecule has 1 unspecified atom stereocenters. The molecule has 0 N–H and O–H groups in total. The molecule has 0 aromatic carbocycles. The van der Waals surface area contributed by atoms with Gasteiger partial charge in [-0.25, -0.2) is 0 Å². The maximum atomic E-state index is 5.38. The van der Waals surface area contributed by atoms with Gasteiger partial charge in [0.05, 0.1) is 5.57 Å². The summed E-state index contributed by atoms with van der Waals surface area (Å²) in [5.41, 5.74) is 1.01. The molecule has 0 aliphatic carbocycles. The molecule has 0 amide bonds. The van der Waals surface area contributed by atoms with Crippen LogP contribution >= 0.6 is 0 Å². The Morgan fingerprint density at radius 2 is 2.40 bits per heavy atom. The number of hydrogen-bond donors (Lipinski definition) is 0. The van der Waals surface area contributed by atoms with E-state index in [1.54, 1.807) is 0 Å². The van der Waals surface area contributed by atoms with Crippen LogP contribution in [-0.2, 0) is 4.74 Å². The summed E-state index contributed by atoms with van der Waals surface area (Å²) in [7, 11) is 2.03. The summed E-state index contributed by atoms with van der Waals surface area (Å²) < 4.78 is 7.50. The largest absolute Gasteiger partial charge is 0.437 e. The van der Waals surface area contributed by atoms with Gasteiger partial charge >= 0.3 is 5.90 Å². The van der Waals surface area contributed by atoms with Gasteiger partial charge in [0.15, 0.2) is 12.6 Å². The molecule has 0 fully saturated rings. The van der Waals surface area contributed by atoms with Crippen molar-refractivity contribution >= 4 is 5.90 Å². The van der Waals surface area contributed by atoms with Crippen molar-refractivity contribution in [3.63, 3.8) is 0 Å². The van der Waals surface area contributed by atoms with E-state index in [9.17, 15) is 0 Å². The van der Waals surface area contributed by atoms with Crippen molar-refractivity contribution in [1.29, 1.82) is 0 Å². The van der Waals surface area contributed by atoms with Crippen LogP contribution < -0.4 is 0 Å². The smallest absolute Gasteiger partial charge is 0.365 e. The third kappa shape index (κ3) is 1.06. The molecule has 2 nitrogen and oxygen atoms in total. The van der Waals surface area contributed by atoms with E-state index in [4.69, 9.17) is 4.74 Å². The molecule has 0 radical (unpaired) electrons. The molecule has 1 aliphatic heterocycles. The van der Waals surface area contributed by atoms with Crippen LogP contribution in [0.4, 0.5) is 0 Å². The highest BCUT2D eigenvalue weighted by molar-refractivity contribution is 5.88. The molecule has 1 atom stereocenters. The number of nitrogens with zero attached hydrogens (tertiary/aromatic N) is 1. The van der Waals surface area contributed by atoms with Crippen molar-refractivity contribution in [3.05, 3.63) is 12.2 Å². The Kier molecular flexibility index (Phi) is 1.79. The predicted octanol–water partition coefficient (Wildman–Crippen LogP) is 1.02. The van der Waals surface area contributed by atoms with Crippen LogP contribution in [0.15, 0.2) is 12.2 Å². The SMILES string of the molecule is C=C(C)C1=[N+](C)C(C)CO1. The quantitative estimate of drug-likeness (QED) is 0.495. The van der Waals surface area contributed by atoms with E-state index in [0.717, 1.165) is 18.1 Å². The summed E-state index contributed by atoms with van der Waals surface area (Å²) in [5, 5.41) is 0. The van der Waals surface area contributed by atoms with Crippen molar-refractivity contribution in [3.8, 4) is 0 Å². The Bertz CT molecular complexity index is 193. The van der Waals surface area contributed by atoms with Crippen molar-refractivity contribution in [2.75, 3.05) is 13.7 Å². The lowest BCUT2D eigenvalue weighted by Crippen LogP contribution is -2.18. The first-order valence-corrected chi connectivity index (χ1v) is 3.51. The van der Waals surface area contributed by atoms with Crippen molar-refractivity contribution < 1.29 is 9.31 Å². The van der Waals surface area contributed by atoms with Gasteiger partial charge < -0.3 is 4.74 Å². The van der Waals surface area contributed by atoms with E-state index in [-0.39, 0.29) is 0 Å². The molecule has 1 aliphatic rings. The Labute approximate surface area is 61.8 Å². The first-order valence-electron chi connectivity index (χ1n) is 3.51. The predicted molar refractivity (Wildman–Crippen MR) is 41.4 cm³/mol. The minimum atomic E-state index is 0.492. The molecule has 0 saturated heterocycles. The van der Waals surface area contributed by atoms with Gasteiger partial charge in [0.25, 0.3) is 0 Å². The Morgan fingerprint density at radius 3 is 2.60 bits per heavy atom. The van der Waals surface area contributed by atoms with Gasteiger partial charge in [-0.05, 0) is 6.92 Å². The highest BCUT2D eigenvalue weighted by atomic mass is 16.5. The van der Waals surface area contributed by atoms with Crippen LogP contribution in [0.3, 0.4) is 0 Å². The summed E-state index contributed by atoms with van der Waals surface area (Å²) in [6.07, 6.45) is 0. The van der Waals surface area contributed by atoms with Crippen LogP contribution in [0.5, 0.6) is 0 Å². The van der Waals surface area contributed by atoms with Crippen LogP contribution in [0.25, 0.3) is 0 Å². The molecule has 56 valence electrons. The molecule has 0 aromatic rings. The first-order chi connectivity index (χ1) is 4.63. The van der Waals surface area contributed by atoms with Gasteiger partial charge in [-0.15, -0.1) is 0 Å². The Morgan fingerprint density at radius 1 is 1.80 bits per heavy atom. The average molecular weight is 140 g/mol. The molecule has 10 heavy (non-hydrogen) atoms. The van der Waals surface area contributed by atoms with E-state index in [1.165, 1.54) is 0 Å². The van der Waals surface area contributed by atoms with Gasteiger partial charge in [0.1, 0.15) is 7.05 Å². The van der Waals surface area contributed by atoms with Gasteiger partial charge in [-0.3, -0.25) is 0 Å². The van der Waals surface area contributed by atoms with Crippen molar-refractivity contribution in [2.45, 2.75) is 19.9 Å². The number of ether oxygens (including phenoxy) is 1. The molecule has 0 saturated carbocycles. The van der Waals surface area contributed by atoms with Gasteiger partial charge in [-0.1, -0.05) is 6.58 Å². The molecule has 1 heterocycles. The van der Waals surface area contributed by atoms with E-state index in [2.05, 4.69) is 18.1 Å². The fraction of sp³-hybridized carbons (Fsp3) is 0.625. The zero-order chi connectivity index (χ0) is 7.72. The highest BCUT2D eigenvalue weighted by Gasteiger charge is 2.27. The second kappa shape index (κ2) is 2.45. The number of likely N-dealkylation sites (N-methyl/N-ethyl adjacent to an activating group) is 1. The monoisotopic (exact) mass is 140 g/mol. The minimum Gasteiger partial charge on any atom is -0.437 e. The fourth-order valence-electron chi connectivity index (χ4n) is 1.04. The maximum absolute atomic E-state index is 5.38. The van der Waals surface area contributed by atoms with Crippen LogP contribution in [-0.4, -0.2) is 30.2 Å². The lowest BCUT2D eigenvalue weighted by atomic mass is 10.3. The third-order valence-corrected chi connectivity index (χ3v) is 1.81. The van der Waals surface area contributed by atoms with Gasteiger partial charge in [0, 0.05) is 6.92 Å². The average Bonchev–Trinajstić information content (AvgIpc) is 2.14. The second-order valence-corrected chi connectivity index (χ2v) is 2.86. The molecule has 2 heteroatoms. The zero-order valence-corrected chi connectivity index (χ0v) is 6.85. The molecule has 0 bridgehead atoms. The van der Waals surface area contributed by atoms with Gasteiger partial charge in [-0.2, -0.15) is 4.58 Å². The molecule has 0 spiro atoms. The Balaban J connectivity index is 2.85. The topological polar surface area (TPSA) is 12.2 Å². The van der Waals surface area contributed by atoms with Crippen molar-refractivity contribution in [1.82, 2.24) is 0 Å².